The van der Waals surface area contributed by atoms with E-state index in [1.165, 1.54) is 12.1 Å². The molecule has 0 spiro atoms. The molecule has 0 saturated carbocycles. The third-order valence-corrected chi connectivity index (χ3v) is 7.07. The molecule has 0 atom stereocenters. The Kier molecular flexibility index (Phi) is 5.17. The number of primary amides is 1. The first-order valence-electron chi connectivity index (χ1n) is 9.12. The lowest BCUT2D eigenvalue weighted by atomic mass is 10.0. The molecular weight excluding hydrogens is 421 g/mol. The van der Waals surface area contributed by atoms with E-state index < -0.39 is 21.6 Å². The van der Waals surface area contributed by atoms with E-state index in [4.69, 9.17) is 5.73 Å². The summed E-state index contributed by atoms with van der Waals surface area (Å²) in [4.78, 5) is 12.5. The molecule has 1 heterocycles. The predicted molar refractivity (Wildman–Crippen MR) is 118 cm³/mol. The lowest BCUT2D eigenvalue weighted by Gasteiger charge is -2.05. The summed E-state index contributed by atoms with van der Waals surface area (Å²) in [7, 11) is -3.49. The Morgan fingerprint density at radius 1 is 1.03 bits per heavy atom. The fourth-order valence-corrected chi connectivity index (χ4v) is 5.33. The van der Waals surface area contributed by atoms with E-state index in [2.05, 4.69) is 0 Å². The van der Waals surface area contributed by atoms with Gasteiger partial charge in [-0.25, -0.2) is 12.8 Å². The van der Waals surface area contributed by atoms with E-state index >= 15 is 0 Å². The topological polar surface area (TPSA) is 77.2 Å². The molecule has 7 heteroatoms. The highest BCUT2D eigenvalue weighted by atomic mass is 32.2. The molecule has 4 rings (SSSR count). The van der Waals surface area contributed by atoms with Crippen LogP contribution in [0.1, 0.15) is 20.8 Å². The molecule has 4 nitrogen and oxygen atoms in total. The predicted octanol–water partition coefficient (Wildman–Crippen LogP) is 4.80. The fraction of sp³-hybridized carbons (Fsp3) is 0.0870. The van der Waals surface area contributed by atoms with Gasteiger partial charge in [-0.15, -0.1) is 11.3 Å². The van der Waals surface area contributed by atoms with Crippen molar-refractivity contribution in [1.82, 2.24) is 0 Å². The van der Waals surface area contributed by atoms with Crippen LogP contribution >= 0.6 is 11.3 Å². The number of nitrogens with two attached hydrogens (primary N) is 1. The first kappa shape index (κ1) is 20.3. The summed E-state index contributed by atoms with van der Waals surface area (Å²) in [6, 6.07) is 19.0. The molecule has 2 N–H and O–H groups in total. The van der Waals surface area contributed by atoms with Crippen molar-refractivity contribution in [2.75, 3.05) is 6.26 Å². The van der Waals surface area contributed by atoms with Crippen molar-refractivity contribution in [2.24, 2.45) is 5.73 Å². The second kappa shape index (κ2) is 7.66. The fourth-order valence-electron chi connectivity index (χ4n) is 3.41. The highest BCUT2D eigenvalue weighted by molar-refractivity contribution is 7.90. The summed E-state index contributed by atoms with van der Waals surface area (Å²) in [5.41, 5.74) is 8.30. The van der Waals surface area contributed by atoms with Crippen LogP contribution in [0.5, 0.6) is 0 Å². The molecule has 0 saturated heterocycles. The van der Waals surface area contributed by atoms with Gasteiger partial charge in [0.2, 0.25) is 5.91 Å². The largest absolute Gasteiger partial charge is 0.366 e. The van der Waals surface area contributed by atoms with Crippen molar-refractivity contribution in [2.45, 2.75) is 11.3 Å². The van der Waals surface area contributed by atoms with Crippen molar-refractivity contribution < 1.29 is 17.6 Å². The third-order valence-electron chi connectivity index (χ3n) is 4.79. The SMILES string of the molecule is CS(=O)(=O)c1cc(F)cc(Cc2cc3cccc(-c4cccc(C(N)=O)c4)c3s2)c1. The Hall–Kier alpha value is -3.03. The molecule has 0 bridgehead atoms. The lowest BCUT2D eigenvalue weighted by molar-refractivity contribution is 0.100. The summed E-state index contributed by atoms with van der Waals surface area (Å²) in [5, 5.41) is 1.02. The number of sulfone groups is 1. The Balaban J connectivity index is 1.76. The van der Waals surface area contributed by atoms with Crippen LogP contribution in [0.2, 0.25) is 0 Å². The summed E-state index contributed by atoms with van der Waals surface area (Å²) in [6.07, 6.45) is 1.48. The van der Waals surface area contributed by atoms with E-state index in [1.54, 1.807) is 29.5 Å². The second-order valence-corrected chi connectivity index (χ2v) is 10.3. The number of hydrogen-bond acceptors (Lipinski definition) is 4. The number of halogens is 1. The van der Waals surface area contributed by atoms with Gasteiger partial charge in [0.25, 0.3) is 0 Å². The van der Waals surface area contributed by atoms with Gasteiger partial charge in [0.05, 0.1) is 4.90 Å². The number of hydrogen-bond donors (Lipinski definition) is 1. The molecule has 152 valence electrons. The molecule has 1 amide bonds. The molecule has 0 unspecified atom stereocenters. The minimum atomic E-state index is -3.49. The Morgan fingerprint density at radius 2 is 1.80 bits per heavy atom. The maximum absolute atomic E-state index is 14.0. The maximum Gasteiger partial charge on any atom is 0.248 e. The standard InChI is InChI=1S/C23H18FNO3S2/c1-30(27,28)20-10-14(8-18(24)13-20)9-19-12-16-5-3-7-21(22(16)29-19)15-4-2-6-17(11-15)23(25)26/h2-8,10-13H,9H2,1H3,(H2,25,26). The van der Waals surface area contributed by atoms with Crippen LogP contribution in [0.25, 0.3) is 21.2 Å². The molecule has 0 fully saturated rings. The smallest absolute Gasteiger partial charge is 0.248 e. The number of carbonyl (C=O) groups excluding carboxylic acids is 1. The minimum Gasteiger partial charge on any atom is -0.366 e. The molecule has 4 aromatic rings. The van der Waals surface area contributed by atoms with Crippen LogP contribution < -0.4 is 5.73 Å². The van der Waals surface area contributed by atoms with Gasteiger partial charge in [-0.05, 0) is 58.5 Å². The monoisotopic (exact) mass is 439 g/mol. The third kappa shape index (κ3) is 4.13. The normalized spacial score (nSPS) is 11.7. The quantitative estimate of drug-likeness (QED) is 0.485. The number of fused-ring (bicyclic) bond motifs is 1. The molecule has 0 radical (unpaired) electrons. The molecule has 0 aliphatic rings. The lowest BCUT2D eigenvalue weighted by Crippen LogP contribution is -2.10. The number of carbonyl (C=O) groups is 1. The van der Waals surface area contributed by atoms with Gasteiger partial charge in [-0.1, -0.05) is 30.3 Å². The summed E-state index contributed by atoms with van der Waals surface area (Å²) < 4.78 is 38.6. The van der Waals surface area contributed by atoms with Crippen LogP contribution in [0.4, 0.5) is 4.39 Å². The number of thiophene rings is 1. The Morgan fingerprint density at radius 3 is 2.53 bits per heavy atom. The van der Waals surface area contributed by atoms with E-state index in [1.807, 2.05) is 30.3 Å². The minimum absolute atomic E-state index is 0.0254. The highest BCUT2D eigenvalue weighted by Gasteiger charge is 2.13. The van der Waals surface area contributed by atoms with Crippen molar-refractivity contribution in [3.63, 3.8) is 0 Å². The van der Waals surface area contributed by atoms with Crippen LogP contribution in [0.15, 0.2) is 71.6 Å². The van der Waals surface area contributed by atoms with Crippen LogP contribution in [-0.2, 0) is 16.3 Å². The molecule has 0 aliphatic heterocycles. The van der Waals surface area contributed by atoms with E-state index in [0.717, 1.165) is 38.4 Å². The van der Waals surface area contributed by atoms with Crippen molar-refractivity contribution in [3.8, 4) is 11.1 Å². The Labute approximate surface area is 177 Å². The van der Waals surface area contributed by atoms with Gasteiger partial charge in [-0.3, -0.25) is 4.79 Å². The van der Waals surface area contributed by atoms with Crippen LogP contribution in [-0.4, -0.2) is 20.6 Å². The van der Waals surface area contributed by atoms with Gasteiger partial charge in [0.15, 0.2) is 9.84 Å². The number of rotatable bonds is 5. The highest BCUT2D eigenvalue weighted by Crippen LogP contribution is 2.36. The first-order chi connectivity index (χ1) is 14.2. The van der Waals surface area contributed by atoms with Crippen LogP contribution in [0.3, 0.4) is 0 Å². The second-order valence-electron chi connectivity index (χ2n) is 7.13. The molecule has 1 aromatic heterocycles. The molecule has 30 heavy (non-hydrogen) atoms. The van der Waals surface area contributed by atoms with E-state index in [9.17, 15) is 17.6 Å². The van der Waals surface area contributed by atoms with Gasteiger partial charge in [0.1, 0.15) is 5.82 Å². The van der Waals surface area contributed by atoms with Crippen molar-refractivity contribution in [3.05, 3.63) is 88.6 Å². The molecule has 3 aromatic carbocycles. The maximum atomic E-state index is 14.0. The van der Waals surface area contributed by atoms with E-state index in [0.29, 0.717) is 17.5 Å². The van der Waals surface area contributed by atoms with Gasteiger partial charge < -0.3 is 5.73 Å². The van der Waals surface area contributed by atoms with Crippen LogP contribution in [0, 0.1) is 5.82 Å². The van der Waals surface area contributed by atoms with Crippen molar-refractivity contribution >= 4 is 37.2 Å². The molecular formula is C23H18FNO3S2. The van der Waals surface area contributed by atoms with Crippen molar-refractivity contribution in [1.29, 1.82) is 0 Å². The zero-order valence-electron chi connectivity index (χ0n) is 16.1. The average molecular weight is 440 g/mol. The summed E-state index contributed by atoms with van der Waals surface area (Å²) in [5.74, 6) is -1.05. The average Bonchev–Trinajstić information content (AvgIpc) is 3.09. The summed E-state index contributed by atoms with van der Waals surface area (Å²) >= 11 is 1.56. The molecule has 0 aliphatic carbocycles. The zero-order chi connectivity index (χ0) is 21.5. The summed E-state index contributed by atoms with van der Waals surface area (Å²) in [6.45, 7) is 0. The number of amides is 1. The van der Waals surface area contributed by atoms with Gasteiger partial charge in [-0.2, -0.15) is 0 Å². The van der Waals surface area contributed by atoms with Gasteiger partial charge in [0, 0.05) is 27.8 Å². The Bertz CT molecular complexity index is 1390. The first-order valence-corrected chi connectivity index (χ1v) is 11.8. The van der Waals surface area contributed by atoms with Gasteiger partial charge >= 0.3 is 0 Å². The zero-order valence-corrected chi connectivity index (χ0v) is 17.7. The van der Waals surface area contributed by atoms with E-state index in [-0.39, 0.29) is 4.90 Å². The number of benzene rings is 3.